The summed E-state index contributed by atoms with van der Waals surface area (Å²) in [7, 11) is 0. The zero-order valence-corrected chi connectivity index (χ0v) is 18.2. The highest BCUT2D eigenvalue weighted by atomic mass is 35.5. The maximum Gasteiger partial charge on any atom is 0.434 e. The third kappa shape index (κ3) is 4.12. The molecule has 4 heterocycles. The number of fused-ring (bicyclic) bond motifs is 1. The number of halogens is 4. The fourth-order valence-corrected chi connectivity index (χ4v) is 3.71. The van der Waals surface area contributed by atoms with Gasteiger partial charge in [-0.25, -0.2) is 9.67 Å². The second kappa shape index (κ2) is 8.36. The van der Waals surface area contributed by atoms with E-state index >= 15 is 0 Å². The minimum Gasteiger partial charge on any atom is -0.381 e. The number of nitrogens with zero attached hydrogens (tertiary/aromatic N) is 7. The molecule has 0 fully saturated rings. The summed E-state index contributed by atoms with van der Waals surface area (Å²) in [4.78, 5) is 22.2. The summed E-state index contributed by atoms with van der Waals surface area (Å²) in [6.07, 6.45) is -0.0184. The summed E-state index contributed by atoms with van der Waals surface area (Å²) in [5, 5.41) is 14.5. The van der Waals surface area contributed by atoms with Crippen LogP contribution in [-0.2, 0) is 6.18 Å². The number of nitrogens with one attached hydrogen (secondary N) is 1. The van der Waals surface area contributed by atoms with Gasteiger partial charge >= 0.3 is 6.18 Å². The van der Waals surface area contributed by atoms with Crippen molar-refractivity contribution in [3.05, 3.63) is 77.5 Å². The molecule has 5 aromatic rings. The van der Waals surface area contributed by atoms with Gasteiger partial charge in [-0.1, -0.05) is 17.7 Å². The summed E-state index contributed by atoms with van der Waals surface area (Å²) in [6.45, 7) is 0. The Kier molecular flexibility index (Phi) is 5.32. The predicted octanol–water partition coefficient (Wildman–Crippen LogP) is 3.90. The van der Waals surface area contributed by atoms with Gasteiger partial charge in [0.1, 0.15) is 0 Å². The number of amides is 1. The molecule has 0 radical (unpaired) electrons. The minimum atomic E-state index is -4.89. The molecular weight excluding hydrogens is 487 g/mol. The topological polar surface area (TPSA) is 129 Å². The van der Waals surface area contributed by atoms with Crippen LogP contribution in [0.5, 0.6) is 0 Å². The summed E-state index contributed by atoms with van der Waals surface area (Å²) < 4.78 is 43.0. The Hall–Kier alpha value is -4.52. The van der Waals surface area contributed by atoms with Crippen molar-refractivity contribution in [3.8, 4) is 11.5 Å². The molecule has 176 valence electrons. The Morgan fingerprint density at radius 3 is 2.60 bits per heavy atom. The van der Waals surface area contributed by atoms with Crippen LogP contribution in [0.4, 0.5) is 24.7 Å². The zero-order valence-electron chi connectivity index (χ0n) is 17.4. The summed E-state index contributed by atoms with van der Waals surface area (Å²) in [5.41, 5.74) is 4.27. The fourth-order valence-electron chi connectivity index (χ4n) is 3.46. The van der Waals surface area contributed by atoms with E-state index in [2.05, 4.69) is 30.6 Å². The molecule has 35 heavy (non-hydrogen) atoms. The van der Waals surface area contributed by atoms with Crippen LogP contribution in [0.2, 0.25) is 5.02 Å². The lowest BCUT2D eigenvalue weighted by molar-refractivity contribution is -0.143. The highest BCUT2D eigenvalue weighted by Crippen LogP contribution is 2.35. The van der Waals surface area contributed by atoms with E-state index in [4.69, 9.17) is 17.3 Å². The molecule has 0 unspecified atom stereocenters. The highest BCUT2D eigenvalue weighted by Gasteiger charge is 2.41. The number of hydrogen-bond donors (Lipinski definition) is 2. The van der Waals surface area contributed by atoms with Crippen LogP contribution in [-0.4, -0.2) is 40.6 Å². The van der Waals surface area contributed by atoms with Gasteiger partial charge in [-0.15, -0.1) is 9.90 Å². The number of carbonyl (C=O) groups is 1. The second-order valence-corrected chi connectivity index (χ2v) is 7.61. The van der Waals surface area contributed by atoms with Crippen LogP contribution in [0.15, 0.2) is 61.2 Å². The number of benzene rings is 1. The fraction of sp³-hybridized carbons (Fsp3) is 0.0476. The van der Waals surface area contributed by atoms with E-state index < -0.39 is 23.3 Å². The summed E-state index contributed by atoms with van der Waals surface area (Å²) in [5.74, 6) is -0.789. The Bertz CT molecular complexity index is 1570. The summed E-state index contributed by atoms with van der Waals surface area (Å²) in [6, 6.07) is 9.21. The average Bonchev–Trinajstić information content (AvgIpc) is 3.45. The lowest BCUT2D eigenvalue weighted by Crippen LogP contribution is -2.21. The van der Waals surface area contributed by atoms with Crippen molar-refractivity contribution in [1.29, 1.82) is 0 Å². The monoisotopic (exact) mass is 499 g/mol. The van der Waals surface area contributed by atoms with Crippen molar-refractivity contribution >= 4 is 39.9 Å². The second-order valence-electron chi connectivity index (χ2n) is 7.21. The lowest BCUT2D eigenvalue weighted by atomic mass is 10.1. The quantitative estimate of drug-likeness (QED) is 0.383. The van der Waals surface area contributed by atoms with Gasteiger partial charge in [0.25, 0.3) is 5.91 Å². The van der Waals surface area contributed by atoms with Gasteiger partial charge in [-0.05, 0) is 30.3 Å². The van der Waals surface area contributed by atoms with Gasteiger partial charge < -0.3 is 11.1 Å². The first-order valence-corrected chi connectivity index (χ1v) is 10.2. The molecule has 0 aliphatic rings. The van der Waals surface area contributed by atoms with Gasteiger partial charge in [-0.2, -0.15) is 23.4 Å². The Morgan fingerprint density at radius 2 is 1.89 bits per heavy atom. The molecule has 3 N–H and O–H groups in total. The van der Waals surface area contributed by atoms with Crippen molar-refractivity contribution in [1.82, 2.24) is 34.7 Å². The van der Waals surface area contributed by atoms with E-state index in [0.717, 1.165) is 11.0 Å². The Labute approximate surface area is 199 Å². The maximum atomic E-state index is 14.1. The van der Waals surface area contributed by atoms with Crippen molar-refractivity contribution in [2.75, 3.05) is 11.1 Å². The van der Waals surface area contributed by atoms with Crippen LogP contribution < -0.4 is 11.1 Å². The van der Waals surface area contributed by atoms with Crippen LogP contribution in [0, 0.1) is 0 Å². The van der Waals surface area contributed by atoms with E-state index in [9.17, 15) is 18.0 Å². The van der Waals surface area contributed by atoms with E-state index in [-0.39, 0.29) is 28.0 Å². The molecule has 0 aliphatic heterocycles. The average molecular weight is 500 g/mol. The predicted molar refractivity (Wildman–Crippen MR) is 120 cm³/mol. The van der Waals surface area contributed by atoms with Crippen LogP contribution in [0.25, 0.3) is 22.4 Å². The van der Waals surface area contributed by atoms with Gasteiger partial charge in [-0.3, -0.25) is 9.78 Å². The van der Waals surface area contributed by atoms with E-state index in [1.165, 1.54) is 30.7 Å². The van der Waals surface area contributed by atoms with Crippen molar-refractivity contribution < 1.29 is 18.0 Å². The standard InChI is InChI=1S/C21H13ClF3N9O/c22-14-7-11(8-28-19(14)34-30-10-17(26)32-34)31-20(35)13-9-29-33(18(13)21(23,24)25)16-5-1-4-15-12(16)3-2-6-27-15/h1-10H,(H2,26,32)(H,31,35). The molecule has 0 bridgehead atoms. The smallest absolute Gasteiger partial charge is 0.381 e. The molecule has 0 saturated carbocycles. The van der Waals surface area contributed by atoms with Gasteiger partial charge in [0.15, 0.2) is 17.3 Å². The Balaban J connectivity index is 1.51. The third-order valence-electron chi connectivity index (χ3n) is 4.91. The molecule has 1 amide bonds. The number of hydrogen-bond acceptors (Lipinski definition) is 7. The van der Waals surface area contributed by atoms with Crippen molar-refractivity contribution in [2.45, 2.75) is 6.18 Å². The third-order valence-corrected chi connectivity index (χ3v) is 5.19. The number of carbonyl (C=O) groups excluding carboxylic acids is 1. The molecule has 0 saturated heterocycles. The van der Waals surface area contributed by atoms with E-state index in [1.807, 2.05) is 0 Å². The number of nitrogens with two attached hydrogens (primary N) is 1. The lowest BCUT2D eigenvalue weighted by Gasteiger charge is -2.14. The molecule has 0 aliphatic carbocycles. The first kappa shape index (κ1) is 22.3. The number of aromatic nitrogens is 7. The molecule has 10 nitrogen and oxygen atoms in total. The van der Waals surface area contributed by atoms with Gasteiger partial charge in [0, 0.05) is 11.6 Å². The normalized spacial score (nSPS) is 11.7. The van der Waals surface area contributed by atoms with Crippen molar-refractivity contribution in [3.63, 3.8) is 0 Å². The zero-order chi connectivity index (χ0) is 24.7. The number of anilines is 2. The number of nitrogen functional groups attached to an aromatic ring is 1. The first-order chi connectivity index (χ1) is 16.7. The minimum absolute atomic E-state index is 0.0356. The largest absolute Gasteiger partial charge is 0.434 e. The maximum absolute atomic E-state index is 14.1. The van der Waals surface area contributed by atoms with Gasteiger partial charge in [0.2, 0.25) is 0 Å². The number of pyridine rings is 2. The molecule has 0 atom stereocenters. The molecular formula is C21H13ClF3N9O. The van der Waals surface area contributed by atoms with E-state index in [1.54, 1.807) is 24.3 Å². The molecule has 0 spiro atoms. The highest BCUT2D eigenvalue weighted by molar-refractivity contribution is 6.32. The first-order valence-electron chi connectivity index (χ1n) is 9.87. The molecule has 5 rings (SSSR count). The van der Waals surface area contributed by atoms with Crippen molar-refractivity contribution in [2.24, 2.45) is 0 Å². The van der Waals surface area contributed by atoms with Crippen LogP contribution in [0.3, 0.4) is 0 Å². The SMILES string of the molecule is Nc1cnn(-c2ncc(NC(=O)c3cnn(-c4cccc5ncccc45)c3C(F)(F)F)cc2Cl)n1. The van der Waals surface area contributed by atoms with Crippen LogP contribution in [0.1, 0.15) is 16.1 Å². The molecule has 4 aromatic heterocycles. The number of alkyl halides is 3. The van der Waals surface area contributed by atoms with E-state index in [0.29, 0.717) is 15.6 Å². The van der Waals surface area contributed by atoms with Gasteiger partial charge in [0.05, 0.1) is 46.1 Å². The molecule has 14 heteroatoms. The van der Waals surface area contributed by atoms with Crippen LogP contribution >= 0.6 is 11.6 Å². The number of rotatable bonds is 4. The summed E-state index contributed by atoms with van der Waals surface area (Å²) >= 11 is 6.19. The Morgan fingerprint density at radius 1 is 1.06 bits per heavy atom. The molecule has 1 aromatic carbocycles.